The Kier molecular flexibility index (Phi) is 6.11. The van der Waals surface area contributed by atoms with Crippen LogP contribution in [0.25, 0.3) is 11.0 Å². The lowest BCUT2D eigenvalue weighted by molar-refractivity contribution is -0.129. The summed E-state index contributed by atoms with van der Waals surface area (Å²) < 4.78 is 40.8. The van der Waals surface area contributed by atoms with Crippen LogP contribution in [0.3, 0.4) is 0 Å². The largest absolute Gasteiger partial charge is 0.377 e. The van der Waals surface area contributed by atoms with Crippen LogP contribution < -0.4 is 10.2 Å². The van der Waals surface area contributed by atoms with Crippen molar-refractivity contribution in [1.82, 2.24) is 20.1 Å². The molecule has 1 aliphatic heterocycles. The van der Waals surface area contributed by atoms with Gasteiger partial charge in [0, 0.05) is 44.1 Å². The van der Waals surface area contributed by atoms with Gasteiger partial charge in [0.15, 0.2) is 5.65 Å². The molecule has 10 heteroatoms. The molecule has 0 unspecified atom stereocenters. The molecule has 0 saturated carbocycles. The first-order chi connectivity index (χ1) is 15.3. The fourth-order valence-corrected chi connectivity index (χ4v) is 3.89. The van der Waals surface area contributed by atoms with Crippen LogP contribution in [-0.4, -0.2) is 52.2 Å². The maximum Gasteiger partial charge on any atom is 0.266 e. The maximum atomic E-state index is 14.6. The van der Waals surface area contributed by atoms with Crippen molar-refractivity contribution in [1.29, 1.82) is 0 Å². The molecule has 0 aliphatic carbocycles. The Morgan fingerprint density at radius 3 is 2.53 bits per heavy atom. The van der Waals surface area contributed by atoms with Gasteiger partial charge in [-0.15, -0.1) is 5.10 Å². The molecular formula is C22H23F3N6O. The minimum Gasteiger partial charge on any atom is -0.377 e. The number of carbonyl (C=O) groups excluding carboxylic acids is 1. The van der Waals surface area contributed by atoms with E-state index in [9.17, 15) is 18.0 Å². The summed E-state index contributed by atoms with van der Waals surface area (Å²) in [6, 6.07) is 5.31. The Morgan fingerprint density at radius 1 is 1.12 bits per heavy atom. The smallest absolute Gasteiger partial charge is 0.266 e. The third-order valence-corrected chi connectivity index (χ3v) is 5.70. The zero-order chi connectivity index (χ0) is 22.8. The summed E-state index contributed by atoms with van der Waals surface area (Å²) in [5.41, 5.74) is 1.37. The second kappa shape index (κ2) is 8.97. The fourth-order valence-electron chi connectivity index (χ4n) is 3.89. The number of anilines is 2. The normalized spacial score (nSPS) is 15.3. The van der Waals surface area contributed by atoms with Gasteiger partial charge in [0.05, 0.1) is 35.4 Å². The van der Waals surface area contributed by atoms with E-state index in [0.29, 0.717) is 42.9 Å². The van der Waals surface area contributed by atoms with Crippen LogP contribution in [-0.2, 0) is 4.79 Å². The van der Waals surface area contributed by atoms with Crippen molar-refractivity contribution in [2.45, 2.75) is 26.3 Å². The fraction of sp³-hybridized carbons (Fsp3) is 0.364. The molecule has 32 heavy (non-hydrogen) atoms. The molecule has 0 spiro atoms. The summed E-state index contributed by atoms with van der Waals surface area (Å²) in [7, 11) is 0. The SMILES string of the molecule is CC(=O)N1CCN(c2cnc3nncc(N[C@H](C)c4cccc(C(F)F)c4F)c3c2)CC1. The van der Waals surface area contributed by atoms with E-state index in [2.05, 4.69) is 25.4 Å². The number of carbonyl (C=O) groups is 1. The summed E-state index contributed by atoms with van der Waals surface area (Å²) >= 11 is 0. The molecule has 168 valence electrons. The van der Waals surface area contributed by atoms with Crippen LogP contribution in [0.1, 0.15) is 37.4 Å². The molecule has 1 atom stereocenters. The first-order valence-corrected chi connectivity index (χ1v) is 10.3. The molecule has 1 amide bonds. The summed E-state index contributed by atoms with van der Waals surface area (Å²) in [5.74, 6) is -0.865. The Morgan fingerprint density at radius 2 is 1.84 bits per heavy atom. The summed E-state index contributed by atoms with van der Waals surface area (Å²) in [5, 5.41) is 11.9. The lowest BCUT2D eigenvalue weighted by atomic mass is 10.0. The number of pyridine rings is 1. The van der Waals surface area contributed by atoms with Crippen molar-refractivity contribution >= 4 is 28.3 Å². The van der Waals surface area contributed by atoms with Gasteiger partial charge in [-0.25, -0.2) is 18.2 Å². The quantitative estimate of drug-likeness (QED) is 0.643. The predicted octanol–water partition coefficient (Wildman–Crippen LogP) is 3.94. The third-order valence-electron chi connectivity index (χ3n) is 5.70. The second-order valence-corrected chi connectivity index (χ2v) is 7.73. The minimum atomic E-state index is -2.89. The van der Waals surface area contributed by atoms with E-state index in [4.69, 9.17) is 0 Å². The molecule has 1 aliphatic rings. The Hall–Kier alpha value is -3.43. The number of halogens is 3. The van der Waals surface area contributed by atoms with Crippen LogP contribution in [0.5, 0.6) is 0 Å². The standard InChI is InChI=1S/C22H23F3N6O/c1-13(16-4-3-5-17(20(16)23)21(24)25)28-19-12-27-29-22-18(19)10-15(11-26-22)31-8-6-30(7-9-31)14(2)32/h3-5,10-13,21H,6-9H2,1-2H3,(H,26,28,29)/t13-/m1/s1. The van der Waals surface area contributed by atoms with E-state index < -0.39 is 23.8 Å². The highest BCUT2D eigenvalue weighted by Gasteiger charge is 2.22. The molecule has 2 aromatic heterocycles. The van der Waals surface area contributed by atoms with Crippen LogP contribution in [0.15, 0.2) is 36.7 Å². The molecule has 0 radical (unpaired) electrons. The Labute approximate surface area is 183 Å². The van der Waals surface area contributed by atoms with E-state index in [1.807, 2.05) is 6.07 Å². The lowest BCUT2D eigenvalue weighted by Gasteiger charge is -2.35. The molecular weight excluding hydrogens is 421 g/mol. The van der Waals surface area contributed by atoms with Gasteiger partial charge in [-0.2, -0.15) is 5.10 Å². The van der Waals surface area contributed by atoms with E-state index in [1.54, 1.807) is 24.9 Å². The van der Waals surface area contributed by atoms with Gasteiger partial charge < -0.3 is 15.1 Å². The van der Waals surface area contributed by atoms with Gasteiger partial charge in [-0.1, -0.05) is 18.2 Å². The number of nitrogens with one attached hydrogen (secondary N) is 1. The van der Waals surface area contributed by atoms with Gasteiger partial charge in [0.2, 0.25) is 5.91 Å². The highest BCUT2D eigenvalue weighted by atomic mass is 19.3. The van der Waals surface area contributed by atoms with E-state index in [-0.39, 0.29) is 11.5 Å². The molecule has 1 saturated heterocycles. The van der Waals surface area contributed by atoms with Crippen molar-refractivity contribution in [2.75, 3.05) is 36.4 Å². The third kappa shape index (κ3) is 4.30. The predicted molar refractivity (Wildman–Crippen MR) is 115 cm³/mol. The number of hydrogen-bond donors (Lipinski definition) is 1. The Bertz CT molecular complexity index is 1130. The van der Waals surface area contributed by atoms with Gasteiger partial charge in [-0.3, -0.25) is 4.79 Å². The molecule has 4 rings (SSSR count). The molecule has 0 bridgehead atoms. The number of aromatic nitrogens is 3. The van der Waals surface area contributed by atoms with Crippen molar-refractivity contribution in [3.05, 3.63) is 53.6 Å². The number of benzene rings is 1. The second-order valence-electron chi connectivity index (χ2n) is 7.73. The first-order valence-electron chi connectivity index (χ1n) is 10.3. The Balaban J connectivity index is 1.60. The number of alkyl halides is 2. The minimum absolute atomic E-state index is 0.0557. The van der Waals surface area contributed by atoms with Crippen LogP contribution in [0.2, 0.25) is 0 Å². The summed E-state index contributed by atoms with van der Waals surface area (Å²) in [6.45, 7) is 5.86. The zero-order valence-corrected chi connectivity index (χ0v) is 17.7. The maximum absolute atomic E-state index is 14.6. The molecule has 7 nitrogen and oxygen atoms in total. The van der Waals surface area contributed by atoms with Crippen molar-refractivity contribution in [2.24, 2.45) is 0 Å². The topological polar surface area (TPSA) is 74.2 Å². The van der Waals surface area contributed by atoms with Crippen molar-refractivity contribution in [3.8, 4) is 0 Å². The average molecular weight is 444 g/mol. The highest BCUT2D eigenvalue weighted by Crippen LogP contribution is 2.31. The van der Waals surface area contributed by atoms with Crippen LogP contribution in [0, 0.1) is 5.82 Å². The van der Waals surface area contributed by atoms with Crippen LogP contribution >= 0.6 is 0 Å². The summed E-state index contributed by atoms with van der Waals surface area (Å²) in [6.07, 6.45) is 0.326. The average Bonchev–Trinajstić information content (AvgIpc) is 2.79. The van der Waals surface area contributed by atoms with E-state index in [0.717, 1.165) is 11.8 Å². The van der Waals surface area contributed by atoms with Crippen molar-refractivity contribution in [3.63, 3.8) is 0 Å². The van der Waals surface area contributed by atoms with Crippen molar-refractivity contribution < 1.29 is 18.0 Å². The van der Waals surface area contributed by atoms with Crippen LogP contribution in [0.4, 0.5) is 24.5 Å². The van der Waals surface area contributed by atoms with Gasteiger partial charge >= 0.3 is 0 Å². The number of rotatable bonds is 5. The molecule has 1 aromatic carbocycles. The number of fused-ring (bicyclic) bond motifs is 1. The first kappa shape index (κ1) is 21.8. The number of nitrogens with zero attached hydrogens (tertiary/aromatic N) is 5. The molecule has 1 N–H and O–H groups in total. The molecule has 1 fully saturated rings. The van der Waals surface area contributed by atoms with E-state index >= 15 is 0 Å². The van der Waals surface area contributed by atoms with E-state index in [1.165, 1.54) is 18.3 Å². The number of amides is 1. The van der Waals surface area contributed by atoms with Gasteiger partial charge in [-0.05, 0) is 13.0 Å². The highest BCUT2D eigenvalue weighted by molar-refractivity contribution is 5.90. The van der Waals surface area contributed by atoms with Gasteiger partial charge in [0.25, 0.3) is 6.43 Å². The monoisotopic (exact) mass is 444 g/mol. The van der Waals surface area contributed by atoms with Gasteiger partial charge in [0.1, 0.15) is 5.82 Å². The zero-order valence-electron chi connectivity index (χ0n) is 17.7. The number of piperazine rings is 1. The summed E-state index contributed by atoms with van der Waals surface area (Å²) in [4.78, 5) is 19.9. The molecule has 3 heterocycles. The molecule has 3 aromatic rings. The number of hydrogen-bond acceptors (Lipinski definition) is 6. The lowest BCUT2D eigenvalue weighted by Crippen LogP contribution is -2.48.